The Hall–Kier alpha value is -8.48. The summed E-state index contributed by atoms with van der Waals surface area (Å²) < 4.78 is 34.6. The number of para-hydroxylation sites is 2. The van der Waals surface area contributed by atoms with Crippen LogP contribution >= 0.6 is 0 Å². The van der Waals surface area contributed by atoms with Gasteiger partial charge < -0.3 is 13.6 Å². The summed E-state index contributed by atoms with van der Waals surface area (Å²) in [5.74, 6) is 1.75. The number of benzene rings is 10. The van der Waals surface area contributed by atoms with Crippen LogP contribution in [0.3, 0.4) is 0 Å². The van der Waals surface area contributed by atoms with E-state index in [1.807, 2.05) is 45.0 Å². The second-order valence-electron chi connectivity index (χ2n) is 22.5. The monoisotopic (exact) mass is 1220 g/mol. The van der Waals surface area contributed by atoms with Gasteiger partial charge in [0.05, 0.1) is 33.8 Å². The molecule has 10 aromatic carbocycles. The van der Waals surface area contributed by atoms with Gasteiger partial charge in [0.15, 0.2) is 0 Å². The standard InChI is InChI=1S/C58H44N3O.C15H17N2.Ir/c1-34(2)46-32-49-43-28-27-40(39-19-13-18-38(29-39)36-15-7-6-8-16-36)31-52(43)60(5)55(49)54(35(3)4)56(46)61-51-24-12-11-23-50(51)59-58(61)45-22-14-21-44-48-30-41-26-25-37-17-9-10-20-42(37)47(41)33-53(48)62-57(44)45;1-11-10-16-14(12-8-6-5-7-9-12)17-13(11)15(2,3)4;/h6-21,23-35H,1-5H3;5-8,10H,1-4H3;/q2*-1;/i;1D3;. The van der Waals surface area contributed by atoms with Gasteiger partial charge in [-0.25, -0.2) is 0 Å². The van der Waals surface area contributed by atoms with Crippen molar-refractivity contribution in [1.82, 2.24) is 24.1 Å². The third-order valence-corrected chi connectivity index (χ3v) is 15.6. The van der Waals surface area contributed by atoms with Crippen LogP contribution in [-0.4, -0.2) is 24.1 Å². The summed E-state index contributed by atoms with van der Waals surface area (Å²) in [4.78, 5) is 14.1. The fourth-order valence-corrected chi connectivity index (χ4v) is 11.8. The SMILES string of the molecule is CC(C)c1cc2c3ccc(-c4cccc(-c5ccccc5)c4)cc3n(C)c2c(C(C)C)c1-n1c(-c2[c-]ccc3c2oc2cc4c(ccc5ccccc54)cc23)nc2ccccc21.[2H]C([2H])([2H])c1cnc(-c2[c-]cccc2)nc1C(C)(C)C.[Ir]. The number of nitrogens with zero attached hydrogens (tertiary/aromatic N) is 5. The predicted octanol–water partition coefficient (Wildman–Crippen LogP) is 19.5. The quantitative estimate of drug-likeness (QED) is 0.118. The van der Waals surface area contributed by atoms with E-state index in [1.165, 1.54) is 88.6 Å². The first kappa shape index (κ1) is 48.6. The van der Waals surface area contributed by atoms with Crippen LogP contribution in [0.15, 0.2) is 199 Å². The molecule has 0 aliphatic heterocycles. The van der Waals surface area contributed by atoms with Gasteiger partial charge in [0.2, 0.25) is 0 Å². The third-order valence-electron chi connectivity index (χ3n) is 15.6. The van der Waals surface area contributed by atoms with E-state index in [9.17, 15) is 0 Å². The molecule has 14 aromatic rings. The second kappa shape index (κ2) is 20.6. The summed E-state index contributed by atoms with van der Waals surface area (Å²) >= 11 is 0. The molecule has 4 aromatic heterocycles. The van der Waals surface area contributed by atoms with E-state index in [-0.39, 0.29) is 42.9 Å². The minimum atomic E-state index is -2.21. The molecular weight excluding hydrogens is 1160 g/mol. The molecule has 395 valence electrons. The minimum Gasteiger partial charge on any atom is -0.501 e. The number of hydrogen-bond donors (Lipinski definition) is 0. The number of aromatic nitrogens is 5. The summed E-state index contributed by atoms with van der Waals surface area (Å²) in [6, 6.07) is 73.3. The van der Waals surface area contributed by atoms with Crippen LogP contribution in [-0.2, 0) is 32.6 Å². The second-order valence-corrected chi connectivity index (χ2v) is 22.5. The van der Waals surface area contributed by atoms with Gasteiger partial charge in [-0.3, -0.25) is 15.0 Å². The van der Waals surface area contributed by atoms with Crippen LogP contribution in [0.2, 0.25) is 0 Å². The van der Waals surface area contributed by atoms with Crippen LogP contribution in [0, 0.1) is 19.0 Å². The number of aryl methyl sites for hydroxylation is 2. The molecule has 0 amide bonds. The molecule has 7 heteroatoms. The average Bonchev–Trinajstić information content (AvgIpc) is 4.35. The smallest absolute Gasteiger partial charge is 0.121 e. The zero-order chi connectivity index (χ0) is 56.8. The Morgan fingerprint density at radius 3 is 2.09 bits per heavy atom. The van der Waals surface area contributed by atoms with E-state index in [0.29, 0.717) is 11.5 Å². The maximum absolute atomic E-state index is 7.61. The number of imidazole rings is 1. The fourth-order valence-electron chi connectivity index (χ4n) is 11.8. The Bertz CT molecular complexity index is 4800. The van der Waals surface area contributed by atoms with Gasteiger partial charge >= 0.3 is 0 Å². The Morgan fingerprint density at radius 2 is 1.31 bits per heavy atom. The summed E-state index contributed by atoms with van der Waals surface area (Å²) in [7, 11) is 2.24. The van der Waals surface area contributed by atoms with E-state index < -0.39 is 6.85 Å². The maximum Gasteiger partial charge on any atom is 0.121 e. The average molecular weight is 1220 g/mol. The van der Waals surface area contributed by atoms with Crippen LogP contribution in [0.1, 0.15) is 86.8 Å². The molecule has 0 aliphatic rings. The molecule has 0 atom stereocenters. The molecule has 0 unspecified atom stereocenters. The van der Waals surface area contributed by atoms with Crippen molar-refractivity contribution >= 4 is 76.3 Å². The van der Waals surface area contributed by atoms with Crippen molar-refractivity contribution in [3.8, 4) is 50.7 Å². The number of furan rings is 1. The molecule has 0 fully saturated rings. The largest absolute Gasteiger partial charge is 0.501 e. The third kappa shape index (κ3) is 8.99. The van der Waals surface area contributed by atoms with Crippen LogP contribution in [0.5, 0.6) is 0 Å². The summed E-state index contributed by atoms with van der Waals surface area (Å²) in [5, 5.41) is 9.51. The molecule has 0 N–H and O–H groups in total. The Morgan fingerprint density at radius 1 is 0.575 bits per heavy atom. The minimum absolute atomic E-state index is 0. The predicted molar refractivity (Wildman–Crippen MR) is 330 cm³/mol. The van der Waals surface area contributed by atoms with Crippen LogP contribution < -0.4 is 0 Å². The Labute approximate surface area is 485 Å². The zero-order valence-corrected chi connectivity index (χ0v) is 48.5. The summed E-state index contributed by atoms with van der Waals surface area (Å²) in [6.45, 7) is 12.9. The van der Waals surface area contributed by atoms with Crippen molar-refractivity contribution in [2.75, 3.05) is 0 Å². The van der Waals surface area contributed by atoms with Crippen molar-refractivity contribution in [2.45, 2.75) is 72.6 Å². The van der Waals surface area contributed by atoms with Crippen LogP contribution in [0.4, 0.5) is 0 Å². The molecule has 0 aliphatic carbocycles. The van der Waals surface area contributed by atoms with Gasteiger partial charge in [-0.1, -0.05) is 169 Å². The molecule has 0 saturated carbocycles. The van der Waals surface area contributed by atoms with E-state index in [2.05, 4.69) is 224 Å². The van der Waals surface area contributed by atoms with Crippen molar-refractivity contribution in [3.63, 3.8) is 0 Å². The van der Waals surface area contributed by atoms with Crippen molar-refractivity contribution < 1.29 is 28.6 Å². The molecule has 6 nitrogen and oxygen atoms in total. The number of hydrogen-bond acceptors (Lipinski definition) is 4. The first-order valence-electron chi connectivity index (χ1n) is 28.8. The Kier molecular flexibility index (Phi) is 12.5. The van der Waals surface area contributed by atoms with Crippen molar-refractivity contribution in [2.24, 2.45) is 7.05 Å². The number of rotatable bonds is 7. The summed E-state index contributed by atoms with van der Waals surface area (Å²) in [6.07, 6.45) is 1.41. The van der Waals surface area contributed by atoms with Gasteiger partial charge in [0.25, 0.3) is 0 Å². The summed E-state index contributed by atoms with van der Waals surface area (Å²) in [5.41, 5.74) is 16.8. The first-order chi connectivity index (χ1) is 39.5. The van der Waals surface area contributed by atoms with Gasteiger partial charge in [-0.2, -0.15) is 0 Å². The van der Waals surface area contributed by atoms with Crippen LogP contribution in [0.25, 0.3) is 127 Å². The zero-order valence-electron chi connectivity index (χ0n) is 49.1. The first-order valence-corrected chi connectivity index (χ1v) is 27.3. The van der Waals surface area contributed by atoms with Gasteiger partial charge in [0.1, 0.15) is 5.58 Å². The van der Waals surface area contributed by atoms with E-state index in [0.717, 1.165) is 49.9 Å². The normalized spacial score (nSPS) is 12.7. The number of fused-ring (bicyclic) bond motifs is 10. The maximum atomic E-state index is 7.61. The van der Waals surface area contributed by atoms with Gasteiger partial charge in [0, 0.05) is 81.5 Å². The molecule has 14 rings (SSSR count). The molecule has 0 bridgehead atoms. The van der Waals surface area contributed by atoms with E-state index in [4.69, 9.17) is 13.5 Å². The van der Waals surface area contributed by atoms with E-state index >= 15 is 0 Å². The van der Waals surface area contributed by atoms with E-state index in [1.54, 1.807) is 6.07 Å². The molecule has 80 heavy (non-hydrogen) atoms. The molecule has 0 saturated heterocycles. The topological polar surface area (TPSA) is 61.7 Å². The molecule has 4 heterocycles. The fraction of sp³-hybridized carbons (Fsp3) is 0.164. The van der Waals surface area contributed by atoms with Gasteiger partial charge in [-0.15, -0.1) is 54.1 Å². The van der Waals surface area contributed by atoms with Crippen molar-refractivity contribution in [1.29, 1.82) is 0 Å². The molecule has 0 spiro atoms. The Balaban J connectivity index is 0.000000275. The van der Waals surface area contributed by atoms with Gasteiger partial charge in [-0.05, 0) is 116 Å². The molecule has 1 radical (unpaired) electrons. The molecular formula is C73H61IrN5O-2. The van der Waals surface area contributed by atoms with Crippen molar-refractivity contribution in [3.05, 3.63) is 229 Å².